The minimum absolute atomic E-state index is 0.0276. The number of ether oxygens (including phenoxy) is 1. The molecule has 2 aromatic carbocycles. The number of hydrogen-bond acceptors (Lipinski definition) is 4. The Bertz CT molecular complexity index is 961. The van der Waals surface area contributed by atoms with Crippen LogP contribution in [0.2, 0.25) is 5.02 Å². The summed E-state index contributed by atoms with van der Waals surface area (Å²) in [5, 5.41) is 4.41. The van der Waals surface area contributed by atoms with Gasteiger partial charge in [-0.3, -0.25) is 4.79 Å². The first-order chi connectivity index (χ1) is 14.2. The maximum Gasteiger partial charge on any atom is 0.277 e. The molecule has 0 spiro atoms. The zero-order valence-corrected chi connectivity index (χ0v) is 18.5. The molecule has 5 nitrogen and oxygen atoms in total. The molecule has 30 heavy (non-hydrogen) atoms. The van der Waals surface area contributed by atoms with Gasteiger partial charge in [0.2, 0.25) is 0 Å². The number of rotatable bonds is 6. The number of fused-ring (bicyclic) bond motifs is 1. The van der Waals surface area contributed by atoms with Gasteiger partial charge in [-0.05, 0) is 69.0 Å². The van der Waals surface area contributed by atoms with Crippen LogP contribution in [0.1, 0.15) is 51.2 Å². The van der Waals surface area contributed by atoms with E-state index in [1.54, 1.807) is 30.3 Å². The Morgan fingerprint density at radius 2 is 2.17 bits per heavy atom. The average Bonchev–Trinajstić information content (AvgIpc) is 2.67. The highest BCUT2D eigenvalue weighted by Gasteiger charge is 2.36. The number of anilines is 1. The van der Waals surface area contributed by atoms with Gasteiger partial charge in [0.15, 0.2) is 6.61 Å². The van der Waals surface area contributed by atoms with Gasteiger partial charge in [-0.25, -0.2) is 9.82 Å². The molecule has 0 radical (unpaired) electrons. The molecule has 0 saturated heterocycles. The van der Waals surface area contributed by atoms with Gasteiger partial charge < -0.3 is 9.64 Å². The van der Waals surface area contributed by atoms with Crippen molar-refractivity contribution >= 4 is 29.4 Å². The summed E-state index contributed by atoms with van der Waals surface area (Å²) in [6.07, 6.45) is 2.31. The van der Waals surface area contributed by atoms with E-state index in [-0.39, 0.29) is 18.0 Å². The predicted molar refractivity (Wildman–Crippen MR) is 119 cm³/mol. The summed E-state index contributed by atoms with van der Waals surface area (Å²) in [5.41, 5.74) is 4.69. The van der Waals surface area contributed by atoms with Gasteiger partial charge in [0.05, 0.1) is 6.21 Å². The molecule has 1 N–H and O–H groups in total. The topological polar surface area (TPSA) is 53.9 Å². The number of hydrogen-bond donors (Lipinski definition) is 1. The summed E-state index contributed by atoms with van der Waals surface area (Å²) in [6.45, 7) is 9.19. The van der Waals surface area contributed by atoms with Crippen molar-refractivity contribution in [2.75, 3.05) is 18.1 Å². The van der Waals surface area contributed by atoms with E-state index < -0.39 is 5.91 Å². The highest BCUT2D eigenvalue weighted by molar-refractivity contribution is 6.30. The third-order valence-corrected chi connectivity index (χ3v) is 5.61. The number of nitrogens with zero attached hydrogens (tertiary/aromatic N) is 2. The molecule has 1 heterocycles. The number of carbonyl (C=O) groups is 1. The third kappa shape index (κ3) is 4.93. The standard InChI is InChI=1S/C23H27ClFN3O2/c1-5-28-21-11-20(25)16(9-19(21)15(2)12-23(28,3)4)13-26-27-22(29)14-30-18-8-6-7-17(24)10-18/h6-11,13,15H,5,12,14H2,1-4H3,(H,27,29)/b26-13+. The Balaban J connectivity index is 1.67. The first kappa shape index (κ1) is 22.1. The second kappa shape index (κ2) is 9.04. The van der Waals surface area contributed by atoms with E-state index in [1.807, 2.05) is 6.07 Å². The van der Waals surface area contributed by atoms with Gasteiger partial charge in [0, 0.05) is 28.4 Å². The molecule has 0 aliphatic carbocycles. The van der Waals surface area contributed by atoms with Crippen LogP contribution in [0.15, 0.2) is 41.5 Å². The lowest BCUT2D eigenvalue weighted by Crippen LogP contribution is -2.48. The predicted octanol–water partition coefficient (Wildman–Crippen LogP) is 5.12. The molecule has 0 saturated carbocycles. The van der Waals surface area contributed by atoms with Crippen LogP contribution >= 0.6 is 11.6 Å². The summed E-state index contributed by atoms with van der Waals surface area (Å²) in [6, 6.07) is 10.2. The number of amides is 1. The van der Waals surface area contributed by atoms with Crippen molar-refractivity contribution in [1.29, 1.82) is 0 Å². The van der Waals surface area contributed by atoms with E-state index in [0.717, 1.165) is 24.2 Å². The molecular formula is C23H27ClFN3O2. The van der Waals surface area contributed by atoms with Crippen LogP contribution in [0.5, 0.6) is 5.75 Å². The molecule has 1 unspecified atom stereocenters. The van der Waals surface area contributed by atoms with Crippen molar-refractivity contribution < 1.29 is 13.9 Å². The van der Waals surface area contributed by atoms with Crippen LogP contribution in [0, 0.1) is 5.82 Å². The summed E-state index contributed by atoms with van der Waals surface area (Å²) in [4.78, 5) is 14.2. The SMILES string of the molecule is CCN1c2cc(F)c(/C=N/NC(=O)COc3cccc(Cl)c3)cc2C(C)CC1(C)C. The Morgan fingerprint density at radius 3 is 2.87 bits per heavy atom. The molecule has 1 amide bonds. The molecule has 3 rings (SSSR count). The van der Waals surface area contributed by atoms with Crippen LogP contribution in [0.4, 0.5) is 10.1 Å². The fraction of sp³-hybridized carbons (Fsp3) is 0.391. The lowest BCUT2D eigenvalue weighted by molar-refractivity contribution is -0.123. The quantitative estimate of drug-likeness (QED) is 0.510. The molecule has 1 atom stereocenters. The fourth-order valence-corrected chi connectivity index (χ4v) is 4.31. The molecule has 160 valence electrons. The molecular weight excluding hydrogens is 405 g/mol. The van der Waals surface area contributed by atoms with Gasteiger partial charge in [0.1, 0.15) is 11.6 Å². The summed E-state index contributed by atoms with van der Waals surface area (Å²) in [7, 11) is 0. The first-order valence-corrected chi connectivity index (χ1v) is 10.4. The van der Waals surface area contributed by atoms with Crippen LogP contribution in [-0.4, -0.2) is 30.8 Å². The zero-order chi connectivity index (χ0) is 21.9. The Kier molecular flexibility index (Phi) is 6.66. The molecule has 7 heteroatoms. The van der Waals surface area contributed by atoms with Crippen LogP contribution in [-0.2, 0) is 4.79 Å². The zero-order valence-electron chi connectivity index (χ0n) is 17.7. The van der Waals surface area contributed by atoms with Gasteiger partial charge in [-0.2, -0.15) is 5.10 Å². The molecule has 2 aromatic rings. The number of hydrazone groups is 1. The van der Waals surface area contributed by atoms with Gasteiger partial charge in [0.25, 0.3) is 5.91 Å². The molecule has 0 aromatic heterocycles. The van der Waals surface area contributed by atoms with E-state index in [0.29, 0.717) is 22.3 Å². The Morgan fingerprint density at radius 1 is 1.40 bits per heavy atom. The van der Waals surface area contributed by atoms with E-state index in [2.05, 4.69) is 43.1 Å². The molecule has 1 aliphatic heterocycles. The fourth-order valence-electron chi connectivity index (χ4n) is 4.13. The first-order valence-electron chi connectivity index (χ1n) is 10.0. The molecule has 0 fully saturated rings. The van der Waals surface area contributed by atoms with Crippen molar-refractivity contribution in [2.24, 2.45) is 5.10 Å². The Labute approximate surface area is 181 Å². The van der Waals surface area contributed by atoms with E-state index >= 15 is 0 Å². The van der Waals surface area contributed by atoms with Crippen LogP contribution in [0.25, 0.3) is 0 Å². The van der Waals surface area contributed by atoms with E-state index in [4.69, 9.17) is 16.3 Å². The monoisotopic (exact) mass is 431 g/mol. The minimum Gasteiger partial charge on any atom is -0.484 e. The lowest BCUT2D eigenvalue weighted by atomic mass is 9.79. The average molecular weight is 432 g/mol. The Hall–Kier alpha value is -2.60. The maximum atomic E-state index is 14.7. The second-order valence-electron chi connectivity index (χ2n) is 8.13. The largest absolute Gasteiger partial charge is 0.484 e. The lowest BCUT2D eigenvalue weighted by Gasteiger charge is -2.47. The minimum atomic E-state index is -0.447. The van der Waals surface area contributed by atoms with Crippen LogP contribution in [0.3, 0.4) is 0 Å². The number of nitrogens with one attached hydrogen (secondary N) is 1. The highest BCUT2D eigenvalue weighted by Crippen LogP contribution is 2.43. The summed E-state index contributed by atoms with van der Waals surface area (Å²) >= 11 is 5.88. The number of halogens is 2. The van der Waals surface area contributed by atoms with Crippen molar-refractivity contribution in [2.45, 2.75) is 45.6 Å². The van der Waals surface area contributed by atoms with Gasteiger partial charge >= 0.3 is 0 Å². The second-order valence-corrected chi connectivity index (χ2v) is 8.57. The van der Waals surface area contributed by atoms with E-state index in [9.17, 15) is 9.18 Å². The van der Waals surface area contributed by atoms with Crippen molar-refractivity contribution in [3.05, 3.63) is 58.4 Å². The molecule has 0 bridgehead atoms. The van der Waals surface area contributed by atoms with Crippen molar-refractivity contribution in [1.82, 2.24) is 5.43 Å². The van der Waals surface area contributed by atoms with Gasteiger partial charge in [-0.15, -0.1) is 0 Å². The third-order valence-electron chi connectivity index (χ3n) is 5.38. The van der Waals surface area contributed by atoms with Crippen LogP contribution < -0.4 is 15.1 Å². The highest BCUT2D eigenvalue weighted by atomic mass is 35.5. The van der Waals surface area contributed by atoms with Crippen molar-refractivity contribution in [3.8, 4) is 5.75 Å². The number of benzene rings is 2. The van der Waals surface area contributed by atoms with Crippen molar-refractivity contribution in [3.63, 3.8) is 0 Å². The van der Waals surface area contributed by atoms with Gasteiger partial charge in [-0.1, -0.05) is 24.6 Å². The smallest absolute Gasteiger partial charge is 0.277 e. The number of carbonyl (C=O) groups excluding carboxylic acids is 1. The normalized spacial score (nSPS) is 17.7. The summed E-state index contributed by atoms with van der Waals surface area (Å²) in [5.74, 6) is -0.0341. The molecule has 1 aliphatic rings. The summed E-state index contributed by atoms with van der Waals surface area (Å²) < 4.78 is 20.1. The maximum absolute atomic E-state index is 14.7. The van der Waals surface area contributed by atoms with E-state index in [1.165, 1.54) is 6.21 Å².